The summed E-state index contributed by atoms with van der Waals surface area (Å²) in [7, 11) is 0. The molecule has 1 aromatic rings. The standard InChI is InChI=1S/C29H46N4O8/c1-28(2,3)40-24(35)18-23(34)33-22(14-10-11-15-32-27(38)41-29(4,5)6)26(37)31-17-16-30-19-25(36)39-20-21-12-8-7-9-13-21/h7-9,12-13,22,30H,10-11,14-20H2,1-6H3,(H,31,37)(H,32,38)(H,33,34)/t22-/m0/s1. The third-order valence-corrected chi connectivity index (χ3v) is 5.08. The van der Waals surface area contributed by atoms with E-state index < -0.39 is 53.5 Å². The predicted molar refractivity (Wildman–Crippen MR) is 153 cm³/mol. The highest BCUT2D eigenvalue weighted by Gasteiger charge is 2.24. The highest BCUT2D eigenvalue weighted by atomic mass is 16.6. The van der Waals surface area contributed by atoms with Gasteiger partial charge in [-0.1, -0.05) is 30.3 Å². The van der Waals surface area contributed by atoms with Crippen molar-refractivity contribution in [3.8, 4) is 0 Å². The van der Waals surface area contributed by atoms with Crippen LogP contribution in [-0.2, 0) is 40.0 Å². The van der Waals surface area contributed by atoms with Crippen LogP contribution >= 0.6 is 0 Å². The van der Waals surface area contributed by atoms with Crippen molar-refractivity contribution < 1.29 is 38.2 Å². The fourth-order valence-corrected chi connectivity index (χ4v) is 3.38. The number of nitrogens with one attached hydrogen (secondary N) is 4. The molecule has 3 amide bonds. The molecule has 0 saturated carbocycles. The molecule has 0 heterocycles. The van der Waals surface area contributed by atoms with E-state index in [2.05, 4.69) is 21.3 Å². The minimum atomic E-state index is -0.901. The Balaban J connectivity index is 2.49. The summed E-state index contributed by atoms with van der Waals surface area (Å²) in [5, 5.41) is 10.9. The zero-order valence-corrected chi connectivity index (χ0v) is 25.1. The maximum absolute atomic E-state index is 12.8. The minimum absolute atomic E-state index is 0.0244. The fraction of sp³-hybridized carbons (Fsp3) is 0.621. The Morgan fingerprint density at radius 1 is 0.780 bits per heavy atom. The molecule has 0 aromatic heterocycles. The Hall–Kier alpha value is -3.67. The van der Waals surface area contributed by atoms with Gasteiger partial charge in [-0.15, -0.1) is 0 Å². The molecule has 0 aliphatic heterocycles. The lowest BCUT2D eigenvalue weighted by molar-refractivity contribution is -0.157. The number of unbranched alkanes of at least 4 members (excludes halogenated alkanes) is 1. The molecule has 12 heteroatoms. The van der Waals surface area contributed by atoms with Crippen molar-refractivity contribution in [1.82, 2.24) is 21.3 Å². The van der Waals surface area contributed by atoms with Gasteiger partial charge in [0.05, 0.1) is 6.54 Å². The van der Waals surface area contributed by atoms with Crippen LogP contribution in [0.15, 0.2) is 30.3 Å². The predicted octanol–water partition coefficient (Wildman–Crippen LogP) is 2.35. The molecule has 1 atom stereocenters. The Labute approximate surface area is 242 Å². The second kappa shape index (κ2) is 17.9. The Bertz CT molecular complexity index is 987. The van der Waals surface area contributed by atoms with Crippen LogP contribution < -0.4 is 21.3 Å². The second-order valence-corrected chi connectivity index (χ2v) is 11.4. The molecule has 0 aliphatic carbocycles. The van der Waals surface area contributed by atoms with E-state index >= 15 is 0 Å². The molecule has 0 unspecified atom stereocenters. The number of hydrogen-bond donors (Lipinski definition) is 4. The number of alkyl carbamates (subject to hydrolysis) is 1. The van der Waals surface area contributed by atoms with Gasteiger partial charge in [0.2, 0.25) is 11.8 Å². The first-order valence-corrected chi connectivity index (χ1v) is 13.8. The fourth-order valence-electron chi connectivity index (χ4n) is 3.38. The summed E-state index contributed by atoms with van der Waals surface area (Å²) in [4.78, 5) is 61.0. The number of carbonyl (C=O) groups is 5. The topological polar surface area (TPSA) is 161 Å². The lowest BCUT2D eigenvalue weighted by Crippen LogP contribution is -2.48. The lowest BCUT2D eigenvalue weighted by atomic mass is 10.1. The van der Waals surface area contributed by atoms with Crippen LogP contribution in [0.1, 0.15) is 72.8 Å². The Kier molecular flexibility index (Phi) is 15.4. The third kappa shape index (κ3) is 19.1. The van der Waals surface area contributed by atoms with Gasteiger partial charge in [-0.05, 0) is 66.4 Å². The van der Waals surface area contributed by atoms with E-state index in [-0.39, 0.29) is 26.1 Å². The average molecular weight is 579 g/mol. The first kappa shape index (κ1) is 35.4. The van der Waals surface area contributed by atoms with E-state index in [1.54, 1.807) is 41.5 Å². The summed E-state index contributed by atoms with van der Waals surface area (Å²) in [5.41, 5.74) is -0.465. The molecular formula is C29H46N4O8. The molecule has 230 valence electrons. The van der Waals surface area contributed by atoms with Gasteiger partial charge in [0.25, 0.3) is 0 Å². The monoisotopic (exact) mass is 578 g/mol. The van der Waals surface area contributed by atoms with Gasteiger partial charge in [0.15, 0.2) is 0 Å². The van der Waals surface area contributed by atoms with Gasteiger partial charge in [-0.2, -0.15) is 0 Å². The van der Waals surface area contributed by atoms with Crippen LogP contribution in [0.5, 0.6) is 0 Å². The zero-order chi connectivity index (χ0) is 30.9. The summed E-state index contributed by atoms with van der Waals surface area (Å²) in [5.74, 6) is -2.19. The molecule has 0 fully saturated rings. The number of hydrogen-bond acceptors (Lipinski definition) is 9. The largest absolute Gasteiger partial charge is 0.460 e. The van der Waals surface area contributed by atoms with E-state index in [0.717, 1.165) is 5.56 Å². The maximum atomic E-state index is 12.8. The molecule has 0 saturated heterocycles. The molecule has 12 nitrogen and oxygen atoms in total. The number of amides is 3. The molecule has 0 radical (unpaired) electrons. The molecule has 41 heavy (non-hydrogen) atoms. The zero-order valence-electron chi connectivity index (χ0n) is 25.1. The lowest BCUT2D eigenvalue weighted by Gasteiger charge is -2.21. The van der Waals surface area contributed by atoms with Crippen molar-refractivity contribution in [2.75, 3.05) is 26.2 Å². The highest BCUT2D eigenvalue weighted by Crippen LogP contribution is 2.09. The van der Waals surface area contributed by atoms with Crippen LogP contribution in [0.2, 0.25) is 0 Å². The van der Waals surface area contributed by atoms with Crippen molar-refractivity contribution >= 4 is 29.8 Å². The maximum Gasteiger partial charge on any atom is 0.407 e. The second-order valence-electron chi connectivity index (χ2n) is 11.4. The van der Waals surface area contributed by atoms with Crippen molar-refractivity contribution in [1.29, 1.82) is 0 Å². The number of ether oxygens (including phenoxy) is 3. The number of rotatable bonds is 16. The molecule has 4 N–H and O–H groups in total. The van der Waals surface area contributed by atoms with Gasteiger partial charge in [0.1, 0.15) is 30.3 Å². The summed E-state index contributed by atoms with van der Waals surface area (Å²) in [6, 6.07) is 8.41. The van der Waals surface area contributed by atoms with Gasteiger partial charge in [-0.3, -0.25) is 19.2 Å². The van der Waals surface area contributed by atoms with Gasteiger partial charge in [0, 0.05) is 19.6 Å². The molecule has 1 rings (SSSR count). The smallest absolute Gasteiger partial charge is 0.407 e. The average Bonchev–Trinajstić information content (AvgIpc) is 2.84. The van der Waals surface area contributed by atoms with Crippen LogP contribution in [0.4, 0.5) is 4.79 Å². The molecule has 0 aliphatic rings. The highest BCUT2D eigenvalue weighted by molar-refractivity contribution is 5.96. The summed E-state index contributed by atoms with van der Waals surface area (Å²) in [6.07, 6.45) is 0.271. The summed E-state index contributed by atoms with van der Waals surface area (Å²) in [6.45, 7) is 11.4. The molecule has 1 aromatic carbocycles. The summed E-state index contributed by atoms with van der Waals surface area (Å²) >= 11 is 0. The van der Waals surface area contributed by atoms with Crippen LogP contribution in [0.25, 0.3) is 0 Å². The van der Waals surface area contributed by atoms with Crippen LogP contribution in [0, 0.1) is 0 Å². The first-order valence-electron chi connectivity index (χ1n) is 13.8. The van der Waals surface area contributed by atoms with Crippen LogP contribution in [0.3, 0.4) is 0 Å². The molecule has 0 bridgehead atoms. The number of esters is 2. The quantitative estimate of drug-likeness (QED) is 0.0999. The normalized spacial score (nSPS) is 12.0. The van der Waals surface area contributed by atoms with E-state index in [0.29, 0.717) is 25.9 Å². The van der Waals surface area contributed by atoms with E-state index in [4.69, 9.17) is 14.2 Å². The molecular weight excluding hydrogens is 532 g/mol. The van der Waals surface area contributed by atoms with E-state index in [1.807, 2.05) is 30.3 Å². The number of carbonyl (C=O) groups excluding carboxylic acids is 5. The van der Waals surface area contributed by atoms with Gasteiger partial charge in [-0.25, -0.2) is 4.79 Å². The van der Waals surface area contributed by atoms with E-state index in [1.165, 1.54) is 0 Å². The van der Waals surface area contributed by atoms with Crippen molar-refractivity contribution in [3.63, 3.8) is 0 Å². The van der Waals surface area contributed by atoms with Crippen molar-refractivity contribution in [2.24, 2.45) is 0 Å². The molecule has 0 spiro atoms. The Morgan fingerprint density at radius 2 is 1.44 bits per heavy atom. The van der Waals surface area contributed by atoms with Crippen LogP contribution in [-0.4, -0.2) is 73.3 Å². The SMILES string of the molecule is CC(C)(C)OC(=O)CC(=O)N[C@@H](CCCCNC(=O)OC(C)(C)C)C(=O)NCCNCC(=O)OCc1ccccc1. The van der Waals surface area contributed by atoms with Gasteiger partial charge < -0.3 is 35.5 Å². The summed E-state index contributed by atoms with van der Waals surface area (Å²) < 4.78 is 15.6. The third-order valence-electron chi connectivity index (χ3n) is 5.08. The van der Waals surface area contributed by atoms with Crippen molar-refractivity contribution in [2.45, 2.75) is 91.1 Å². The minimum Gasteiger partial charge on any atom is -0.460 e. The van der Waals surface area contributed by atoms with Crippen molar-refractivity contribution in [3.05, 3.63) is 35.9 Å². The first-order chi connectivity index (χ1) is 19.1. The number of benzene rings is 1. The van der Waals surface area contributed by atoms with E-state index in [9.17, 15) is 24.0 Å². The van der Waals surface area contributed by atoms with Gasteiger partial charge >= 0.3 is 18.0 Å². The Morgan fingerprint density at radius 3 is 2.07 bits per heavy atom.